The van der Waals surface area contributed by atoms with E-state index >= 15 is 0 Å². The second kappa shape index (κ2) is 3.75. The van der Waals surface area contributed by atoms with Gasteiger partial charge in [0.05, 0.1) is 11.7 Å². The highest BCUT2D eigenvalue weighted by atomic mass is 79.9. The zero-order valence-corrected chi connectivity index (χ0v) is 9.12. The Bertz CT molecular complexity index is 294. The quantitative estimate of drug-likeness (QED) is 0.757. The Morgan fingerprint density at radius 3 is 2.69 bits per heavy atom. The van der Waals surface area contributed by atoms with E-state index in [9.17, 15) is 0 Å². The molecule has 1 aromatic rings. The molecule has 1 aliphatic rings. The molecule has 0 aromatic carbocycles. The van der Waals surface area contributed by atoms with E-state index in [-0.39, 0.29) is 0 Å². The van der Waals surface area contributed by atoms with Crippen LogP contribution < -0.4 is 0 Å². The van der Waals surface area contributed by atoms with Gasteiger partial charge in [-0.2, -0.15) is 0 Å². The maximum atomic E-state index is 5.29. The summed E-state index contributed by atoms with van der Waals surface area (Å²) in [6.45, 7) is 3.70. The third-order valence-electron chi connectivity index (χ3n) is 2.41. The molecule has 0 unspecified atom stereocenters. The van der Waals surface area contributed by atoms with Gasteiger partial charge in [-0.15, -0.1) is 5.10 Å². The Labute approximate surface area is 85.4 Å². The minimum Gasteiger partial charge on any atom is -0.381 e. The van der Waals surface area contributed by atoms with Gasteiger partial charge in [-0.3, -0.25) is 0 Å². The number of rotatable bonds is 1. The predicted octanol–water partition coefficient (Wildman–Crippen LogP) is 1.70. The molecule has 72 valence electrons. The number of nitrogens with zero attached hydrogens (tertiary/aromatic N) is 3. The lowest BCUT2D eigenvalue weighted by Gasteiger charge is -2.22. The van der Waals surface area contributed by atoms with Crippen LogP contribution in [0.3, 0.4) is 0 Å². The molecule has 0 aliphatic carbocycles. The van der Waals surface area contributed by atoms with Gasteiger partial charge in [-0.1, -0.05) is 5.21 Å². The lowest BCUT2D eigenvalue weighted by Crippen LogP contribution is -2.21. The van der Waals surface area contributed by atoms with Crippen LogP contribution in [-0.4, -0.2) is 28.2 Å². The third-order valence-corrected chi connectivity index (χ3v) is 3.14. The maximum Gasteiger partial charge on any atom is 0.151 e. The van der Waals surface area contributed by atoms with E-state index in [0.29, 0.717) is 6.04 Å². The lowest BCUT2D eigenvalue weighted by molar-refractivity contribution is 0.0651. The minimum atomic E-state index is 0.465. The van der Waals surface area contributed by atoms with Crippen LogP contribution in [0.1, 0.15) is 24.6 Å². The molecule has 1 fully saturated rings. The first kappa shape index (κ1) is 9.15. The number of halogens is 1. The molecule has 0 atom stereocenters. The first-order valence-electron chi connectivity index (χ1n) is 4.44. The average molecular weight is 246 g/mol. The van der Waals surface area contributed by atoms with Gasteiger partial charge in [-0.05, 0) is 35.7 Å². The van der Waals surface area contributed by atoms with Crippen molar-refractivity contribution in [3.63, 3.8) is 0 Å². The number of hydrogen-bond acceptors (Lipinski definition) is 3. The molecule has 1 saturated heterocycles. The molecule has 1 aliphatic heterocycles. The molecule has 0 spiro atoms. The molecule has 4 nitrogen and oxygen atoms in total. The Morgan fingerprint density at radius 2 is 2.15 bits per heavy atom. The topological polar surface area (TPSA) is 39.9 Å². The fourth-order valence-corrected chi connectivity index (χ4v) is 1.85. The molecule has 13 heavy (non-hydrogen) atoms. The van der Waals surface area contributed by atoms with Crippen LogP contribution in [0.5, 0.6) is 0 Å². The highest BCUT2D eigenvalue weighted by molar-refractivity contribution is 9.10. The summed E-state index contributed by atoms with van der Waals surface area (Å²) < 4.78 is 8.13. The molecule has 2 heterocycles. The van der Waals surface area contributed by atoms with E-state index in [1.54, 1.807) is 0 Å². The van der Waals surface area contributed by atoms with Crippen LogP contribution in [0, 0.1) is 6.92 Å². The summed E-state index contributed by atoms with van der Waals surface area (Å²) in [6, 6.07) is 0.465. The van der Waals surface area contributed by atoms with Gasteiger partial charge in [0.25, 0.3) is 0 Å². The van der Waals surface area contributed by atoms with E-state index < -0.39 is 0 Å². The Balaban J connectivity index is 2.18. The van der Waals surface area contributed by atoms with E-state index in [1.807, 2.05) is 11.6 Å². The van der Waals surface area contributed by atoms with Gasteiger partial charge >= 0.3 is 0 Å². The van der Waals surface area contributed by atoms with Crippen molar-refractivity contribution in [1.29, 1.82) is 0 Å². The smallest absolute Gasteiger partial charge is 0.151 e. The number of hydrogen-bond donors (Lipinski definition) is 0. The second-order valence-electron chi connectivity index (χ2n) is 3.25. The Morgan fingerprint density at radius 1 is 1.46 bits per heavy atom. The van der Waals surface area contributed by atoms with Gasteiger partial charge in [0.15, 0.2) is 4.60 Å². The molecule has 0 saturated carbocycles. The summed E-state index contributed by atoms with van der Waals surface area (Å²) in [7, 11) is 0. The minimum absolute atomic E-state index is 0.465. The van der Waals surface area contributed by atoms with Gasteiger partial charge < -0.3 is 4.74 Å². The van der Waals surface area contributed by atoms with Crippen LogP contribution in [0.15, 0.2) is 4.60 Å². The van der Waals surface area contributed by atoms with Crippen molar-refractivity contribution in [3.8, 4) is 0 Å². The van der Waals surface area contributed by atoms with E-state index in [2.05, 4.69) is 26.2 Å². The monoisotopic (exact) mass is 245 g/mol. The van der Waals surface area contributed by atoms with Gasteiger partial charge in [0.1, 0.15) is 0 Å². The maximum absolute atomic E-state index is 5.29. The summed E-state index contributed by atoms with van der Waals surface area (Å²) in [5, 5.41) is 8.08. The van der Waals surface area contributed by atoms with E-state index in [1.165, 1.54) is 0 Å². The van der Waals surface area contributed by atoms with Crippen LogP contribution in [0.4, 0.5) is 0 Å². The molecule has 0 amide bonds. The highest BCUT2D eigenvalue weighted by Crippen LogP contribution is 2.23. The SMILES string of the molecule is Cc1c(Br)nnn1C1CCOCC1. The zero-order valence-electron chi connectivity index (χ0n) is 7.53. The largest absolute Gasteiger partial charge is 0.381 e. The van der Waals surface area contributed by atoms with Crippen molar-refractivity contribution in [1.82, 2.24) is 15.0 Å². The molecule has 1 aromatic heterocycles. The summed E-state index contributed by atoms with van der Waals surface area (Å²) in [5.41, 5.74) is 1.10. The fourth-order valence-electron chi connectivity index (χ4n) is 1.60. The van der Waals surface area contributed by atoms with Crippen LogP contribution in [0.25, 0.3) is 0 Å². The summed E-state index contributed by atoms with van der Waals surface area (Å²) in [6.07, 6.45) is 2.08. The van der Waals surface area contributed by atoms with Crippen molar-refractivity contribution in [2.75, 3.05) is 13.2 Å². The first-order valence-corrected chi connectivity index (χ1v) is 5.23. The fraction of sp³-hybridized carbons (Fsp3) is 0.750. The van der Waals surface area contributed by atoms with Crippen molar-refractivity contribution < 1.29 is 4.74 Å². The lowest BCUT2D eigenvalue weighted by atomic mass is 10.1. The predicted molar refractivity (Wildman–Crippen MR) is 51.5 cm³/mol. The van der Waals surface area contributed by atoms with E-state index in [4.69, 9.17) is 4.74 Å². The van der Waals surface area contributed by atoms with Gasteiger partial charge in [-0.25, -0.2) is 4.68 Å². The summed E-state index contributed by atoms with van der Waals surface area (Å²) in [4.78, 5) is 0. The molecular weight excluding hydrogens is 234 g/mol. The van der Waals surface area contributed by atoms with Crippen LogP contribution >= 0.6 is 15.9 Å². The Kier molecular flexibility index (Phi) is 2.64. The van der Waals surface area contributed by atoms with Crippen molar-refractivity contribution >= 4 is 15.9 Å². The normalized spacial score (nSPS) is 19.2. The van der Waals surface area contributed by atoms with E-state index in [0.717, 1.165) is 36.4 Å². The molecule has 5 heteroatoms. The summed E-state index contributed by atoms with van der Waals surface area (Å²) >= 11 is 3.36. The Hall–Kier alpha value is -0.420. The average Bonchev–Trinajstić information content (AvgIpc) is 2.49. The molecule has 0 radical (unpaired) electrons. The van der Waals surface area contributed by atoms with Crippen LogP contribution in [-0.2, 0) is 4.74 Å². The van der Waals surface area contributed by atoms with Crippen molar-refractivity contribution in [2.45, 2.75) is 25.8 Å². The van der Waals surface area contributed by atoms with Crippen LogP contribution in [0.2, 0.25) is 0 Å². The summed E-state index contributed by atoms with van der Waals surface area (Å²) in [5.74, 6) is 0. The van der Waals surface area contributed by atoms with Gasteiger partial charge in [0.2, 0.25) is 0 Å². The van der Waals surface area contributed by atoms with Gasteiger partial charge in [0, 0.05) is 13.2 Å². The standard InChI is InChI=1S/C8H12BrN3O/c1-6-8(9)10-11-12(6)7-2-4-13-5-3-7/h7H,2-5H2,1H3. The molecule has 0 bridgehead atoms. The second-order valence-corrected chi connectivity index (χ2v) is 4.00. The highest BCUT2D eigenvalue weighted by Gasteiger charge is 2.19. The van der Waals surface area contributed by atoms with Crippen molar-refractivity contribution in [3.05, 3.63) is 10.3 Å². The number of ether oxygens (including phenoxy) is 1. The molecular formula is C8H12BrN3O. The molecule has 0 N–H and O–H groups in total. The van der Waals surface area contributed by atoms with Crippen molar-refractivity contribution in [2.24, 2.45) is 0 Å². The zero-order chi connectivity index (χ0) is 9.26. The number of aromatic nitrogens is 3. The first-order chi connectivity index (χ1) is 6.29. The third kappa shape index (κ3) is 1.76. The molecule has 2 rings (SSSR count).